The molecule has 0 aliphatic carbocycles. The lowest BCUT2D eigenvalue weighted by atomic mass is 10.00. The van der Waals surface area contributed by atoms with Crippen LogP contribution in [0.3, 0.4) is 0 Å². The quantitative estimate of drug-likeness (QED) is 0.107. The summed E-state index contributed by atoms with van der Waals surface area (Å²) in [6.07, 6.45) is -1.79. The maximum atomic E-state index is 13.5. The molecule has 0 spiro atoms. The highest BCUT2D eigenvalue weighted by atomic mass is 16.5. The number of primary amides is 1. The molecule has 14 nitrogen and oxygen atoms in total. The van der Waals surface area contributed by atoms with Crippen molar-refractivity contribution in [2.45, 2.75) is 83.5 Å². The van der Waals surface area contributed by atoms with Gasteiger partial charge in [0.25, 0.3) is 0 Å². The highest BCUT2D eigenvalue weighted by molar-refractivity contribution is 5.97. The average Bonchev–Trinajstić information content (AvgIpc) is 3.01. The van der Waals surface area contributed by atoms with E-state index < -0.39 is 84.2 Å². The topological polar surface area (TPSA) is 232 Å². The molecule has 2 aromatic rings. The summed E-state index contributed by atoms with van der Waals surface area (Å²) in [5.74, 6) is -5.30. The van der Waals surface area contributed by atoms with Crippen LogP contribution in [-0.4, -0.2) is 76.9 Å². The van der Waals surface area contributed by atoms with E-state index in [0.717, 1.165) is 5.56 Å². The van der Waals surface area contributed by atoms with Gasteiger partial charge in [-0.2, -0.15) is 0 Å². The summed E-state index contributed by atoms with van der Waals surface area (Å²) in [6, 6.07) is 11.6. The smallest absolute Gasteiger partial charge is 0.328 e. The van der Waals surface area contributed by atoms with Gasteiger partial charge in [-0.15, -0.1) is 0 Å². The van der Waals surface area contributed by atoms with Gasteiger partial charge in [0.05, 0.1) is 12.5 Å². The van der Waals surface area contributed by atoms with Gasteiger partial charge in [0.2, 0.25) is 29.5 Å². The van der Waals surface area contributed by atoms with E-state index in [9.17, 15) is 33.9 Å². The third-order valence-electron chi connectivity index (χ3n) is 6.96. The van der Waals surface area contributed by atoms with Crippen molar-refractivity contribution >= 4 is 35.5 Å². The fraction of sp³-hybridized carbons (Fsp3) is 0.438. The maximum absolute atomic E-state index is 13.5. The van der Waals surface area contributed by atoms with E-state index >= 15 is 0 Å². The maximum Gasteiger partial charge on any atom is 0.328 e. The van der Waals surface area contributed by atoms with Gasteiger partial charge in [-0.05, 0) is 30.9 Å². The van der Waals surface area contributed by atoms with Gasteiger partial charge < -0.3 is 42.6 Å². The fourth-order valence-corrected chi connectivity index (χ4v) is 4.23. The summed E-state index contributed by atoms with van der Waals surface area (Å²) in [7, 11) is 0. The zero-order chi connectivity index (χ0) is 34.4. The number of aliphatic hydroxyl groups excluding tert-OH is 1. The molecule has 14 heteroatoms. The summed E-state index contributed by atoms with van der Waals surface area (Å²) in [6.45, 7) is 6.05. The molecule has 46 heavy (non-hydrogen) atoms. The van der Waals surface area contributed by atoms with Crippen LogP contribution in [0.4, 0.5) is 0 Å². The van der Waals surface area contributed by atoms with Crippen LogP contribution in [0.5, 0.6) is 0 Å². The van der Waals surface area contributed by atoms with Crippen LogP contribution in [-0.2, 0) is 46.5 Å². The molecule has 0 bridgehead atoms. The number of carbonyl (C=O) groups excluding carboxylic acids is 6. The number of ether oxygens (including phenoxy) is 1. The lowest BCUT2D eigenvalue weighted by molar-refractivity contribution is -0.148. The lowest BCUT2D eigenvalue weighted by Gasteiger charge is -2.28. The molecule has 0 radical (unpaired) electrons. The van der Waals surface area contributed by atoms with E-state index in [1.54, 1.807) is 68.4 Å². The number of benzene rings is 2. The van der Waals surface area contributed by atoms with E-state index in [0.29, 0.717) is 5.56 Å². The minimum absolute atomic E-state index is 0.0159. The number of amides is 5. The number of nitrogens with one attached hydrogen (secondary N) is 4. The van der Waals surface area contributed by atoms with E-state index in [1.807, 2.05) is 6.07 Å². The normalized spacial score (nSPS) is 14.8. The molecule has 9 N–H and O–H groups in total. The second-order valence-corrected chi connectivity index (χ2v) is 11.3. The van der Waals surface area contributed by atoms with Crippen LogP contribution in [0.15, 0.2) is 60.7 Å². The molecule has 0 unspecified atom stereocenters. The minimum Gasteiger partial charge on any atom is -0.459 e. The summed E-state index contributed by atoms with van der Waals surface area (Å²) in [5, 5.41) is 19.7. The molecule has 250 valence electrons. The fourth-order valence-electron chi connectivity index (χ4n) is 4.23. The Bertz CT molecular complexity index is 1340. The molecule has 0 fully saturated rings. The molecule has 6 atom stereocenters. The number of hydrogen-bond donors (Lipinski definition) is 7. The molecule has 0 aromatic heterocycles. The highest BCUT2D eigenvalue weighted by Gasteiger charge is 2.34. The monoisotopic (exact) mass is 640 g/mol. The standard InChI is InChI=1S/C32H44N6O8/c1-18(2)27(38-29(42)24(16-25(33)40)36-30(43)26(34)20(4)39)31(44)37-23(15-21-11-7-5-8-12-21)28(41)35-19(3)32(45)46-17-22-13-9-6-10-14-22/h5-14,18-20,23-24,26-27,39H,15-17,34H2,1-4H3,(H2,33,40)(H,35,41)(H,36,43)(H,37,44)(H,38,42)/t19-,20+,23-,24-,26-,27-/m0/s1. The van der Waals surface area contributed by atoms with Gasteiger partial charge in [0.15, 0.2) is 0 Å². The van der Waals surface area contributed by atoms with E-state index in [1.165, 1.54) is 13.8 Å². The van der Waals surface area contributed by atoms with Crippen LogP contribution in [0.25, 0.3) is 0 Å². The summed E-state index contributed by atoms with van der Waals surface area (Å²) < 4.78 is 5.32. The molecular formula is C32H44N6O8. The van der Waals surface area contributed by atoms with Crippen molar-refractivity contribution in [1.29, 1.82) is 0 Å². The molecule has 0 saturated carbocycles. The van der Waals surface area contributed by atoms with Crippen LogP contribution in [0, 0.1) is 5.92 Å². The minimum atomic E-state index is -1.49. The number of nitrogens with two attached hydrogens (primary N) is 2. The molecular weight excluding hydrogens is 596 g/mol. The van der Waals surface area contributed by atoms with Gasteiger partial charge >= 0.3 is 5.97 Å². The van der Waals surface area contributed by atoms with Gasteiger partial charge in [-0.3, -0.25) is 24.0 Å². The van der Waals surface area contributed by atoms with E-state index in [2.05, 4.69) is 21.3 Å². The average molecular weight is 641 g/mol. The van der Waals surface area contributed by atoms with E-state index in [-0.39, 0.29) is 13.0 Å². The number of hydrogen-bond acceptors (Lipinski definition) is 9. The Hall–Kier alpha value is -4.82. The predicted octanol–water partition coefficient (Wildman–Crippen LogP) is -0.829. The molecule has 0 aliphatic heterocycles. The van der Waals surface area contributed by atoms with Crippen molar-refractivity contribution in [2.75, 3.05) is 0 Å². The third-order valence-corrected chi connectivity index (χ3v) is 6.96. The molecule has 2 aromatic carbocycles. The summed E-state index contributed by atoms with van der Waals surface area (Å²) in [4.78, 5) is 76.8. The van der Waals surface area contributed by atoms with Gasteiger partial charge in [-0.1, -0.05) is 74.5 Å². The zero-order valence-corrected chi connectivity index (χ0v) is 26.4. The van der Waals surface area contributed by atoms with Crippen molar-refractivity contribution in [3.8, 4) is 0 Å². The van der Waals surface area contributed by atoms with Gasteiger partial charge in [0, 0.05) is 6.42 Å². The van der Waals surface area contributed by atoms with Crippen molar-refractivity contribution in [1.82, 2.24) is 21.3 Å². The second kappa shape index (κ2) is 18.2. The van der Waals surface area contributed by atoms with Crippen LogP contribution in [0.1, 0.15) is 45.2 Å². The molecule has 0 saturated heterocycles. The Morgan fingerprint density at radius 2 is 1.24 bits per heavy atom. The van der Waals surface area contributed by atoms with Crippen molar-refractivity contribution in [3.63, 3.8) is 0 Å². The van der Waals surface area contributed by atoms with Gasteiger partial charge in [-0.25, -0.2) is 4.79 Å². The lowest BCUT2D eigenvalue weighted by Crippen LogP contribution is -2.60. The first kappa shape index (κ1) is 37.4. The number of esters is 1. The Kier molecular flexibility index (Phi) is 14.8. The number of aliphatic hydroxyl groups is 1. The SMILES string of the molecule is CC(C)[C@H](NC(=O)[C@H](CC(N)=O)NC(=O)[C@@H](N)[C@@H](C)O)C(=O)N[C@@H](Cc1ccccc1)C(=O)N[C@@H](C)C(=O)OCc1ccccc1. The third kappa shape index (κ3) is 12.3. The first-order valence-electron chi connectivity index (χ1n) is 14.9. The zero-order valence-electron chi connectivity index (χ0n) is 26.4. The summed E-state index contributed by atoms with van der Waals surface area (Å²) >= 11 is 0. The largest absolute Gasteiger partial charge is 0.459 e. The van der Waals surface area contributed by atoms with E-state index in [4.69, 9.17) is 16.2 Å². The molecule has 0 heterocycles. The second-order valence-electron chi connectivity index (χ2n) is 11.3. The highest BCUT2D eigenvalue weighted by Crippen LogP contribution is 2.09. The Morgan fingerprint density at radius 3 is 1.76 bits per heavy atom. The van der Waals surface area contributed by atoms with Gasteiger partial charge in [0.1, 0.15) is 36.8 Å². The first-order valence-corrected chi connectivity index (χ1v) is 14.9. The molecule has 2 rings (SSSR count). The molecule has 0 aliphatic rings. The molecule has 5 amide bonds. The summed E-state index contributed by atoms with van der Waals surface area (Å²) in [5.41, 5.74) is 12.4. The van der Waals surface area contributed by atoms with Crippen molar-refractivity contribution in [2.24, 2.45) is 17.4 Å². The number of rotatable bonds is 17. The van der Waals surface area contributed by atoms with Crippen molar-refractivity contribution in [3.05, 3.63) is 71.8 Å². The number of carbonyl (C=O) groups is 6. The first-order chi connectivity index (χ1) is 21.7. The van der Waals surface area contributed by atoms with Crippen molar-refractivity contribution < 1.29 is 38.6 Å². The van der Waals surface area contributed by atoms with Crippen LogP contribution in [0.2, 0.25) is 0 Å². The Morgan fingerprint density at radius 1 is 0.717 bits per heavy atom. The predicted molar refractivity (Wildman–Crippen MR) is 168 cm³/mol. The Balaban J connectivity index is 2.19. The van der Waals surface area contributed by atoms with Crippen LogP contribution >= 0.6 is 0 Å². The van der Waals surface area contributed by atoms with Crippen LogP contribution < -0.4 is 32.7 Å². The Labute approximate surface area is 268 Å².